The van der Waals surface area contributed by atoms with Gasteiger partial charge in [-0.15, -0.1) is 0 Å². The fourth-order valence-electron chi connectivity index (χ4n) is 1.82. The van der Waals surface area contributed by atoms with Crippen LogP contribution < -0.4 is 0 Å². The molecule has 1 aromatic heterocycles. The number of alkyl halides is 1. The molecule has 0 fully saturated rings. The minimum absolute atomic E-state index is 0.415. The maximum absolute atomic E-state index is 3.77. The minimum atomic E-state index is 0.415. The van der Waals surface area contributed by atoms with Gasteiger partial charge in [0.1, 0.15) is 0 Å². The van der Waals surface area contributed by atoms with E-state index in [1.54, 1.807) is 11.3 Å². The monoisotopic (exact) mass is 308 g/mol. The molecule has 0 bridgehead atoms. The second-order valence-corrected chi connectivity index (χ2v) is 6.51. The molecule has 1 aromatic carbocycles. The number of hydrogen-bond donors (Lipinski definition) is 0. The molecule has 0 amide bonds. The van der Waals surface area contributed by atoms with E-state index in [2.05, 4.69) is 70.9 Å². The molecule has 2 rings (SSSR count). The van der Waals surface area contributed by atoms with Gasteiger partial charge in [0.25, 0.3) is 0 Å². The quantitative estimate of drug-likeness (QED) is 0.650. The molecule has 0 aliphatic heterocycles. The summed E-state index contributed by atoms with van der Waals surface area (Å²) in [6.45, 7) is 4.46. The van der Waals surface area contributed by atoms with Crippen LogP contribution in [0, 0.1) is 0 Å². The Hall–Kier alpha value is -0.600. The van der Waals surface area contributed by atoms with Gasteiger partial charge in [-0.05, 0) is 45.9 Å². The molecule has 1 heterocycles. The van der Waals surface area contributed by atoms with Crippen molar-refractivity contribution in [2.24, 2.45) is 0 Å². The number of halogens is 1. The maximum atomic E-state index is 3.77. The molecule has 1 atom stereocenters. The van der Waals surface area contributed by atoms with Gasteiger partial charge in [-0.2, -0.15) is 11.3 Å². The third-order valence-corrected chi connectivity index (χ3v) is 4.54. The second-order valence-electron chi connectivity index (χ2n) is 4.62. The lowest BCUT2D eigenvalue weighted by molar-refractivity contribution is 0.862. The van der Waals surface area contributed by atoms with E-state index < -0.39 is 0 Å². The lowest BCUT2D eigenvalue weighted by atomic mass is 9.99. The summed E-state index contributed by atoms with van der Waals surface area (Å²) in [4.78, 5) is 0.415. The topological polar surface area (TPSA) is 0 Å². The molecule has 0 spiro atoms. The van der Waals surface area contributed by atoms with Crippen LogP contribution in [0.5, 0.6) is 0 Å². The first-order valence-electron chi connectivity index (χ1n) is 5.92. The first-order valence-corrected chi connectivity index (χ1v) is 7.77. The Bertz CT molecular complexity index is 442. The Kier molecular flexibility index (Phi) is 4.41. The average molecular weight is 309 g/mol. The molecule has 1 unspecified atom stereocenters. The Labute approximate surface area is 116 Å². The van der Waals surface area contributed by atoms with E-state index in [0.29, 0.717) is 10.7 Å². The van der Waals surface area contributed by atoms with Crippen molar-refractivity contribution >= 4 is 27.3 Å². The van der Waals surface area contributed by atoms with Gasteiger partial charge in [0.15, 0.2) is 0 Å². The van der Waals surface area contributed by atoms with Gasteiger partial charge in [-0.1, -0.05) is 54.0 Å². The zero-order valence-electron chi connectivity index (χ0n) is 10.2. The van der Waals surface area contributed by atoms with Crippen molar-refractivity contribution in [3.63, 3.8) is 0 Å². The van der Waals surface area contributed by atoms with Crippen molar-refractivity contribution in [3.05, 3.63) is 57.8 Å². The summed E-state index contributed by atoms with van der Waals surface area (Å²) in [5.41, 5.74) is 4.18. The number of thiophene rings is 1. The summed E-state index contributed by atoms with van der Waals surface area (Å²) in [7, 11) is 0. The van der Waals surface area contributed by atoms with Crippen LogP contribution in [-0.2, 0) is 6.42 Å². The van der Waals surface area contributed by atoms with Crippen LogP contribution in [0.1, 0.15) is 41.3 Å². The first-order chi connectivity index (χ1) is 8.16. The van der Waals surface area contributed by atoms with Crippen LogP contribution in [0.4, 0.5) is 0 Å². The predicted octanol–water partition coefficient (Wildman–Crippen LogP) is 5.55. The Morgan fingerprint density at radius 2 is 1.71 bits per heavy atom. The van der Waals surface area contributed by atoms with E-state index in [1.807, 2.05) is 0 Å². The first kappa shape index (κ1) is 12.8. The summed E-state index contributed by atoms with van der Waals surface area (Å²) in [5.74, 6) is 0.606. The summed E-state index contributed by atoms with van der Waals surface area (Å²) in [5, 5.41) is 4.35. The number of rotatable bonds is 4. The van der Waals surface area contributed by atoms with Gasteiger partial charge in [0.2, 0.25) is 0 Å². The molecule has 0 aliphatic rings. The van der Waals surface area contributed by atoms with Gasteiger partial charge < -0.3 is 0 Å². The van der Waals surface area contributed by atoms with Crippen LogP contribution >= 0.6 is 27.3 Å². The lowest BCUT2D eigenvalue weighted by Gasteiger charge is -2.11. The number of hydrogen-bond acceptors (Lipinski definition) is 1. The van der Waals surface area contributed by atoms with E-state index >= 15 is 0 Å². The SMILES string of the molecule is CC(C)c1ccc(C(Br)Cc2ccsc2)cc1. The molecule has 0 nitrogen and oxygen atoms in total. The molecule has 0 N–H and O–H groups in total. The molecule has 0 radical (unpaired) electrons. The van der Waals surface area contributed by atoms with Crippen molar-refractivity contribution in [1.82, 2.24) is 0 Å². The molecule has 17 heavy (non-hydrogen) atoms. The van der Waals surface area contributed by atoms with Gasteiger partial charge in [0.05, 0.1) is 0 Å². The third-order valence-electron chi connectivity index (χ3n) is 2.96. The fraction of sp³-hybridized carbons (Fsp3) is 0.333. The van der Waals surface area contributed by atoms with Crippen molar-refractivity contribution in [2.45, 2.75) is 31.0 Å². The molecule has 90 valence electrons. The molecule has 0 saturated heterocycles. The highest BCUT2D eigenvalue weighted by molar-refractivity contribution is 9.09. The molecular formula is C15H17BrS. The van der Waals surface area contributed by atoms with Crippen molar-refractivity contribution < 1.29 is 0 Å². The fourth-order valence-corrected chi connectivity index (χ4v) is 3.18. The summed E-state index contributed by atoms with van der Waals surface area (Å²) < 4.78 is 0. The molecular weight excluding hydrogens is 292 g/mol. The van der Waals surface area contributed by atoms with Crippen LogP contribution in [0.3, 0.4) is 0 Å². The van der Waals surface area contributed by atoms with Crippen molar-refractivity contribution in [2.75, 3.05) is 0 Å². The molecule has 0 saturated carbocycles. The average Bonchev–Trinajstić information content (AvgIpc) is 2.82. The second kappa shape index (κ2) is 5.83. The van der Waals surface area contributed by atoms with Crippen LogP contribution in [0.15, 0.2) is 41.1 Å². The van der Waals surface area contributed by atoms with Gasteiger partial charge >= 0.3 is 0 Å². The summed E-state index contributed by atoms with van der Waals surface area (Å²) in [6, 6.07) is 11.1. The Balaban J connectivity index is 2.06. The van der Waals surface area contributed by atoms with Crippen molar-refractivity contribution in [3.8, 4) is 0 Å². The maximum Gasteiger partial charge on any atom is 0.0435 e. The highest BCUT2D eigenvalue weighted by Crippen LogP contribution is 2.28. The smallest absolute Gasteiger partial charge is 0.0435 e. The standard InChI is InChI=1S/C15H17BrS/c1-11(2)13-3-5-14(6-4-13)15(16)9-12-7-8-17-10-12/h3-8,10-11,15H,9H2,1-2H3. The third kappa shape index (κ3) is 3.43. The zero-order valence-corrected chi connectivity index (χ0v) is 12.6. The largest absolute Gasteiger partial charge is 0.152 e. The molecule has 2 heteroatoms. The van der Waals surface area contributed by atoms with E-state index in [0.717, 1.165) is 6.42 Å². The highest BCUT2D eigenvalue weighted by Gasteiger charge is 2.09. The van der Waals surface area contributed by atoms with Gasteiger partial charge in [0, 0.05) is 4.83 Å². The lowest BCUT2D eigenvalue weighted by Crippen LogP contribution is -1.95. The summed E-state index contributed by atoms with van der Waals surface area (Å²) >= 11 is 5.54. The normalized spacial score (nSPS) is 12.9. The minimum Gasteiger partial charge on any atom is -0.152 e. The van der Waals surface area contributed by atoms with Crippen LogP contribution in [0.2, 0.25) is 0 Å². The van der Waals surface area contributed by atoms with Gasteiger partial charge in [-0.3, -0.25) is 0 Å². The van der Waals surface area contributed by atoms with Crippen LogP contribution in [-0.4, -0.2) is 0 Å². The van der Waals surface area contributed by atoms with E-state index in [9.17, 15) is 0 Å². The van der Waals surface area contributed by atoms with E-state index in [4.69, 9.17) is 0 Å². The van der Waals surface area contributed by atoms with E-state index in [-0.39, 0.29) is 0 Å². The van der Waals surface area contributed by atoms with Gasteiger partial charge in [-0.25, -0.2) is 0 Å². The molecule has 2 aromatic rings. The number of benzene rings is 1. The Morgan fingerprint density at radius 3 is 2.24 bits per heavy atom. The van der Waals surface area contributed by atoms with E-state index in [1.165, 1.54) is 16.7 Å². The predicted molar refractivity (Wildman–Crippen MR) is 80.2 cm³/mol. The summed E-state index contributed by atoms with van der Waals surface area (Å²) in [6.07, 6.45) is 1.06. The highest BCUT2D eigenvalue weighted by atomic mass is 79.9. The Morgan fingerprint density at radius 1 is 1.06 bits per heavy atom. The zero-order chi connectivity index (χ0) is 12.3. The van der Waals surface area contributed by atoms with Crippen molar-refractivity contribution in [1.29, 1.82) is 0 Å². The van der Waals surface area contributed by atoms with Crippen LogP contribution in [0.25, 0.3) is 0 Å². The molecule has 0 aliphatic carbocycles.